The number of aryl methyl sites for hydroxylation is 1. The van der Waals surface area contributed by atoms with Gasteiger partial charge in [0.05, 0.1) is 18.5 Å². The predicted molar refractivity (Wildman–Crippen MR) is 105 cm³/mol. The summed E-state index contributed by atoms with van der Waals surface area (Å²) in [7, 11) is 4.79. The number of hydrogen-bond acceptors (Lipinski definition) is 3. The van der Waals surface area contributed by atoms with Gasteiger partial charge in [0.2, 0.25) is 0 Å². The van der Waals surface area contributed by atoms with E-state index in [1.54, 1.807) is 56.7 Å². The van der Waals surface area contributed by atoms with E-state index in [2.05, 4.69) is 5.32 Å². The Kier molecular flexibility index (Phi) is 4.86. The van der Waals surface area contributed by atoms with Gasteiger partial charge >= 0.3 is 6.03 Å². The topological polar surface area (TPSA) is 63.6 Å². The Morgan fingerprint density at radius 2 is 1.88 bits per heavy atom. The van der Waals surface area contributed by atoms with Crippen molar-refractivity contribution in [2.45, 2.75) is 0 Å². The Morgan fingerprint density at radius 3 is 2.58 bits per heavy atom. The van der Waals surface area contributed by atoms with Gasteiger partial charge < -0.3 is 14.6 Å². The quantitative estimate of drug-likeness (QED) is 0.760. The van der Waals surface area contributed by atoms with Gasteiger partial charge in [-0.15, -0.1) is 0 Å². The molecule has 6 nitrogen and oxygen atoms in total. The molecule has 3 rings (SSSR count). The number of carbonyl (C=O) groups is 1. The number of rotatable bonds is 3. The summed E-state index contributed by atoms with van der Waals surface area (Å²) in [6.45, 7) is 0. The molecular formula is C19H18ClN3O3. The molecule has 2 aromatic carbocycles. The Hall–Kier alpha value is -2.99. The first-order valence-electron chi connectivity index (χ1n) is 7.89. The van der Waals surface area contributed by atoms with Crippen molar-refractivity contribution in [3.8, 4) is 5.75 Å². The standard InChI is InChI=1S/C19H18ClN3O3/c1-22-11-15(13-6-4-5-7-14(13)18(22)24)21-19(25)23(2)16-10-12(20)8-9-17(16)26-3/h4-11H,1-3H3,(H,21,25). The third-order valence-electron chi connectivity index (χ3n) is 4.14. The van der Waals surface area contributed by atoms with Crippen LogP contribution >= 0.6 is 11.6 Å². The number of fused-ring (bicyclic) bond motifs is 1. The molecule has 0 spiro atoms. The van der Waals surface area contributed by atoms with E-state index < -0.39 is 0 Å². The SMILES string of the molecule is COc1ccc(Cl)cc1N(C)C(=O)Nc1cn(C)c(=O)c2ccccc12. The minimum atomic E-state index is -0.380. The zero-order valence-corrected chi connectivity index (χ0v) is 15.4. The smallest absolute Gasteiger partial charge is 0.326 e. The zero-order valence-electron chi connectivity index (χ0n) is 14.6. The number of carbonyl (C=O) groups excluding carboxylic acids is 1. The number of anilines is 2. The van der Waals surface area contributed by atoms with E-state index in [9.17, 15) is 9.59 Å². The van der Waals surface area contributed by atoms with E-state index in [1.807, 2.05) is 6.07 Å². The maximum atomic E-state index is 12.8. The van der Waals surface area contributed by atoms with Crippen LogP contribution in [0.2, 0.25) is 5.02 Å². The monoisotopic (exact) mass is 371 g/mol. The Balaban J connectivity index is 1.99. The normalized spacial score (nSPS) is 10.6. The van der Waals surface area contributed by atoms with Crippen molar-refractivity contribution in [1.29, 1.82) is 0 Å². The van der Waals surface area contributed by atoms with Crippen LogP contribution in [-0.2, 0) is 7.05 Å². The molecule has 0 radical (unpaired) electrons. The third kappa shape index (κ3) is 3.23. The second-order valence-electron chi connectivity index (χ2n) is 5.81. The summed E-state index contributed by atoms with van der Waals surface area (Å²) in [4.78, 5) is 26.4. The average Bonchev–Trinajstić information content (AvgIpc) is 2.65. The molecule has 0 aliphatic rings. The van der Waals surface area contributed by atoms with Crippen LogP contribution in [0.5, 0.6) is 5.75 Å². The molecule has 7 heteroatoms. The molecule has 3 aromatic rings. The van der Waals surface area contributed by atoms with Gasteiger partial charge in [-0.05, 0) is 24.3 Å². The first-order valence-corrected chi connectivity index (χ1v) is 8.27. The van der Waals surface area contributed by atoms with Crippen LogP contribution in [0.15, 0.2) is 53.5 Å². The lowest BCUT2D eigenvalue weighted by Gasteiger charge is -2.21. The lowest BCUT2D eigenvalue weighted by molar-refractivity contribution is 0.258. The van der Waals surface area contributed by atoms with Gasteiger partial charge in [-0.25, -0.2) is 4.79 Å². The number of pyridine rings is 1. The van der Waals surface area contributed by atoms with E-state index in [4.69, 9.17) is 16.3 Å². The summed E-state index contributed by atoms with van der Waals surface area (Å²) in [6.07, 6.45) is 1.60. The summed E-state index contributed by atoms with van der Waals surface area (Å²) >= 11 is 6.05. The highest BCUT2D eigenvalue weighted by atomic mass is 35.5. The number of methoxy groups -OCH3 is 1. The molecule has 134 valence electrons. The van der Waals surface area contributed by atoms with Gasteiger partial charge in [0.25, 0.3) is 5.56 Å². The number of aromatic nitrogens is 1. The van der Waals surface area contributed by atoms with Gasteiger partial charge in [-0.3, -0.25) is 9.69 Å². The molecule has 0 bridgehead atoms. The zero-order chi connectivity index (χ0) is 18.8. The predicted octanol–water partition coefficient (Wildman–Crippen LogP) is 3.87. The minimum Gasteiger partial charge on any atom is -0.495 e. The van der Waals surface area contributed by atoms with Gasteiger partial charge in [0.1, 0.15) is 5.75 Å². The highest BCUT2D eigenvalue weighted by Crippen LogP contribution is 2.31. The van der Waals surface area contributed by atoms with E-state index in [0.717, 1.165) is 0 Å². The second-order valence-corrected chi connectivity index (χ2v) is 6.25. The molecule has 1 heterocycles. The van der Waals surface area contributed by atoms with Crippen LogP contribution in [0.25, 0.3) is 10.8 Å². The van der Waals surface area contributed by atoms with E-state index >= 15 is 0 Å². The molecular weight excluding hydrogens is 354 g/mol. The number of nitrogens with one attached hydrogen (secondary N) is 1. The van der Waals surface area contributed by atoms with Crippen molar-refractivity contribution >= 4 is 39.8 Å². The molecule has 0 saturated heterocycles. The maximum Gasteiger partial charge on any atom is 0.326 e. The molecule has 0 aliphatic heterocycles. The molecule has 26 heavy (non-hydrogen) atoms. The van der Waals surface area contributed by atoms with Crippen molar-refractivity contribution in [3.05, 3.63) is 64.0 Å². The Bertz CT molecular complexity index is 1050. The number of hydrogen-bond donors (Lipinski definition) is 1. The van der Waals surface area contributed by atoms with Crippen molar-refractivity contribution < 1.29 is 9.53 Å². The molecule has 0 aliphatic carbocycles. The molecule has 1 N–H and O–H groups in total. The first kappa shape index (κ1) is 17.8. The van der Waals surface area contributed by atoms with E-state index in [1.165, 1.54) is 16.6 Å². The fourth-order valence-electron chi connectivity index (χ4n) is 2.75. The average molecular weight is 372 g/mol. The fraction of sp³-hybridized carbons (Fsp3) is 0.158. The van der Waals surface area contributed by atoms with E-state index in [0.29, 0.717) is 32.9 Å². The number of amides is 2. The van der Waals surface area contributed by atoms with Crippen LogP contribution in [0.4, 0.5) is 16.2 Å². The fourth-order valence-corrected chi connectivity index (χ4v) is 2.92. The summed E-state index contributed by atoms with van der Waals surface area (Å²) in [6, 6.07) is 11.8. The lowest BCUT2D eigenvalue weighted by atomic mass is 10.1. The molecule has 0 saturated carbocycles. The Morgan fingerprint density at radius 1 is 1.19 bits per heavy atom. The lowest BCUT2D eigenvalue weighted by Crippen LogP contribution is -2.32. The largest absolute Gasteiger partial charge is 0.495 e. The van der Waals surface area contributed by atoms with Crippen molar-refractivity contribution in [2.75, 3.05) is 24.4 Å². The molecule has 2 amide bonds. The van der Waals surface area contributed by atoms with Crippen molar-refractivity contribution in [2.24, 2.45) is 7.05 Å². The number of ether oxygens (including phenoxy) is 1. The van der Waals surface area contributed by atoms with Crippen LogP contribution in [0.3, 0.4) is 0 Å². The molecule has 0 unspecified atom stereocenters. The maximum absolute atomic E-state index is 12.8. The number of nitrogens with zero attached hydrogens (tertiary/aromatic N) is 2. The summed E-state index contributed by atoms with van der Waals surface area (Å²) < 4.78 is 6.74. The highest BCUT2D eigenvalue weighted by molar-refractivity contribution is 6.31. The highest BCUT2D eigenvalue weighted by Gasteiger charge is 2.17. The number of benzene rings is 2. The van der Waals surface area contributed by atoms with Gasteiger partial charge in [0, 0.05) is 36.1 Å². The molecule has 0 atom stereocenters. The van der Waals surface area contributed by atoms with Gasteiger partial charge in [0.15, 0.2) is 0 Å². The number of halogens is 1. The summed E-state index contributed by atoms with van der Waals surface area (Å²) in [5, 5.41) is 4.56. The second kappa shape index (κ2) is 7.09. The molecule has 1 aromatic heterocycles. The summed E-state index contributed by atoms with van der Waals surface area (Å²) in [5.74, 6) is 0.525. The van der Waals surface area contributed by atoms with Crippen molar-refractivity contribution in [1.82, 2.24) is 4.57 Å². The van der Waals surface area contributed by atoms with Crippen LogP contribution in [-0.4, -0.2) is 24.8 Å². The minimum absolute atomic E-state index is 0.122. The van der Waals surface area contributed by atoms with Crippen LogP contribution < -0.4 is 20.5 Å². The molecule has 0 fully saturated rings. The van der Waals surface area contributed by atoms with Crippen molar-refractivity contribution in [3.63, 3.8) is 0 Å². The third-order valence-corrected chi connectivity index (χ3v) is 4.37. The van der Waals surface area contributed by atoms with Crippen LogP contribution in [0, 0.1) is 0 Å². The van der Waals surface area contributed by atoms with E-state index in [-0.39, 0.29) is 11.6 Å². The van der Waals surface area contributed by atoms with Gasteiger partial charge in [-0.2, -0.15) is 0 Å². The first-order chi connectivity index (χ1) is 12.4. The van der Waals surface area contributed by atoms with Crippen LogP contribution in [0.1, 0.15) is 0 Å². The summed E-state index contributed by atoms with van der Waals surface area (Å²) in [5.41, 5.74) is 0.954. The van der Waals surface area contributed by atoms with Gasteiger partial charge in [-0.1, -0.05) is 29.8 Å². The number of urea groups is 1. The Labute approximate surface area is 155 Å².